The van der Waals surface area contributed by atoms with E-state index in [-0.39, 0.29) is 11.9 Å². The Labute approximate surface area is 98.9 Å². The molecule has 86 valence electrons. The predicted molar refractivity (Wildman–Crippen MR) is 62.7 cm³/mol. The first-order valence-electron chi connectivity index (χ1n) is 5.28. The molecule has 2 aromatic rings. The number of nitrogens with zero attached hydrogens (tertiary/aromatic N) is 2. The maximum atomic E-state index is 13.2. The minimum Gasteiger partial charge on any atom is -0.331 e. The van der Waals surface area contributed by atoms with E-state index in [9.17, 15) is 4.39 Å². The fourth-order valence-corrected chi connectivity index (χ4v) is 1.88. The van der Waals surface area contributed by atoms with Gasteiger partial charge in [0.05, 0.1) is 6.04 Å². The van der Waals surface area contributed by atoms with Gasteiger partial charge in [-0.15, -0.1) is 0 Å². The molecule has 0 radical (unpaired) electrons. The lowest BCUT2D eigenvalue weighted by Crippen LogP contribution is -2.21. The molecule has 1 heterocycles. The van der Waals surface area contributed by atoms with Crippen molar-refractivity contribution >= 4 is 0 Å². The Morgan fingerprint density at radius 3 is 2.82 bits per heavy atom. The molecule has 4 heteroatoms. The van der Waals surface area contributed by atoms with Gasteiger partial charge in [0.1, 0.15) is 17.6 Å². The van der Waals surface area contributed by atoms with Crippen LogP contribution >= 0.6 is 0 Å². The van der Waals surface area contributed by atoms with Crippen LogP contribution in [0.1, 0.15) is 17.3 Å². The monoisotopic (exact) mass is 229 g/mol. The van der Waals surface area contributed by atoms with E-state index in [1.807, 2.05) is 6.07 Å². The van der Waals surface area contributed by atoms with Crippen molar-refractivity contribution in [3.63, 3.8) is 0 Å². The Balaban J connectivity index is 2.44. The predicted octanol–water partition coefficient (Wildman–Crippen LogP) is 2.05. The first-order chi connectivity index (χ1) is 8.26. The fourth-order valence-electron chi connectivity index (χ4n) is 1.88. The van der Waals surface area contributed by atoms with E-state index in [0.29, 0.717) is 12.2 Å². The number of nitrogens with two attached hydrogens (primary N) is 1. The van der Waals surface area contributed by atoms with Crippen LogP contribution in [0.15, 0.2) is 42.6 Å². The highest BCUT2D eigenvalue weighted by molar-refractivity contribution is 5.28. The Kier molecular flexibility index (Phi) is 3.22. The summed E-state index contributed by atoms with van der Waals surface area (Å²) in [4.78, 5) is 0. The molecular formula is C13H12FN3. The van der Waals surface area contributed by atoms with E-state index in [1.165, 1.54) is 12.1 Å². The summed E-state index contributed by atoms with van der Waals surface area (Å²) in [6, 6.07) is 11.6. The van der Waals surface area contributed by atoms with Gasteiger partial charge in [-0.2, -0.15) is 5.26 Å². The smallest absolute Gasteiger partial charge is 0.123 e. The Hall–Kier alpha value is -2.12. The Morgan fingerprint density at radius 2 is 2.18 bits per heavy atom. The number of hydrogen-bond donors (Lipinski definition) is 1. The molecule has 0 aliphatic rings. The van der Waals surface area contributed by atoms with Gasteiger partial charge in [0.15, 0.2) is 0 Å². The van der Waals surface area contributed by atoms with E-state index in [1.54, 1.807) is 29.0 Å². The lowest BCUT2D eigenvalue weighted by Gasteiger charge is -2.18. The van der Waals surface area contributed by atoms with Crippen molar-refractivity contribution in [1.29, 1.82) is 5.26 Å². The average molecular weight is 229 g/mol. The minimum absolute atomic E-state index is 0.213. The summed E-state index contributed by atoms with van der Waals surface area (Å²) < 4.78 is 14.9. The third-order valence-electron chi connectivity index (χ3n) is 2.69. The molecule has 1 aromatic carbocycles. The van der Waals surface area contributed by atoms with Gasteiger partial charge < -0.3 is 10.3 Å². The lowest BCUT2D eigenvalue weighted by atomic mass is 10.1. The zero-order chi connectivity index (χ0) is 12.3. The SMILES string of the molecule is N#Cc1cccn1C(CN)c1cccc(F)c1. The molecule has 0 saturated heterocycles. The molecule has 0 spiro atoms. The maximum Gasteiger partial charge on any atom is 0.123 e. The second kappa shape index (κ2) is 4.81. The van der Waals surface area contributed by atoms with Crippen LogP contribution in [0.4, 0.5) is 4.39 Å². The van der Waals surface area contributed by atoms with Gasteiger partial charge in [0.25, 0.3) is 0 Å². The van der Waals surface area contributed by atoms with Gasteiger partial charge in [-0.3, -0.25) is 0 Å². The van der Waals surface area contributed by atoms with Crippen LogP contribution in [0.25, 0.3) is 0 Å². The standard InChI is InChI=1S/C13H12FN3/c14-11-4-1-3-10(7-11)13(9-16)17-6-2-5-12(17)8-15/h1-7,13H,9,16H2. The number of nitriles is 1. The number of rotatable bonds is 3. The summed E-state index contributed by atoms with van der Waals surface area (Å²) in [7, 11) is 0. The van der Waals surface area contributed by atoms with E-state index in [2.05, 4.69) is 6.07 Å². The fraction of sp³-hybridized carbons (Fsp3) is 0.154. The molecule has 1 atom stereocenters. The third kappa shape index (κ3) is 2.19. The second-order valence-corrected chi connectivity index (χ2v) is 3.72. The first kappa shape index (κ1) is 11.4. The van der Waals surface area contributed by atoms with Crippen LogP contribution in [-0.2, 0) is 0 Å². The first-order valence-corrected chi connectivity index (χ1v) is 5.28. The normalized spacial score (nSPS) is 12.1. The number of hydrogen-bond acceptors (Lipinski definition) is 2. The van der Waals surface area contributed by atoms with Crippen LogP contribution in [-0.4, -0.2) is 11.1 Å². The summed E-state index contributed by atoms with van der Waals surface area (Å²) in [5.41, 5.74) is 7.00. The minimum atomic E-state index is -0.299. The maximum absolute atomic E-state index is 13.2. The van der Waals surface area contributed by atoms with E-state index >= 15 is 0 Å². The summed E-state index contributed by atoms with van der Waals surface area (Å²) in [5.74, 6) is -0.299. The van der Waals surface area contributed by atoms with Gasteiger partial charge in [0.2, 0.25) is 0 Å². The molecule has 0 aliphatic carbocycles. The number of halogens is 1. The van der Waals surface area contributed by atoms with Crippen LogP contribution in [0.3, 0.4) is 0 Å². The van der Waals surface area contributed by atoms with Crippen molar-refractivity contribution < 1.29 is 4.39 Å². The quantitative estimate of drug-likeness (QED) is 0.875. The molecule has 17 heavy (non-hydrogen) atoms. The van der Waals surface area contributed by atoms with Crippen molar-refractivity contribution in [3.05, 3.63) is 59.7 Å². The topological polar surface area (TPSA) is 54.7 Å². The summed E-state index contributed by atoms with van der Waals surface area (Å²) in [6.45, 7) is 0.312. The Bertz CT molecular complexity index is 554. The van der Waals surface area contributed by atoms with Gasteiger partial charge in [0, 0.05) is 12.7 Å². The molecule has 0 amide bonds. The zero-order valence-corrected chi connectivity index (χ0v) is 9.18. The van der Waals surface area contributed by atoms with Crippen LogP contribution in [0.5, 0.6) is 0 Å². The van der Waals surface area contributed by atoms with Crippen molar-refractivity contribution in [3.8, 4) is 6.07 Å². The second-order valence-electron chi connectivity index (χ2n) is 3.72. The molecule has 0 aliphatic heterocycles. The molecule has 1 unspecified atom stereocenters. The van der Waals surface area contributed by atoms with Gasteiger partial charge in [-0.1, -0.05) is 12.1 Å². The van der Waals surface area contributed by atoms with Crippen molar-refractivity contribution in [2.24, 2.45) is 5.73 Å². The highest BCUT2D eigenvalue weighted by atomic mass is 19.1. The van der Waals surface area contributed by atoms with Gasteiger partial charge >= 0.3 is 0 Å². The van der Waals surface area contributed by atoms with Crippen molar-refractivity contribution in [1.82, 2.24) is 4.57 Å². The van der Waals surface area contributed by atoms with Crippen LogP contribution in [0.2, 0.25) is 0 Å². The van der Waals surface area contributed by atoms with Gasteiger partial charge in [-0.05, 0) is 29.8 Å². The molecule has 0 fully saturated rings. The highest BCUT2D eigenvalue weighted by Crippen LogP contribution is 2.20. The number of aromatic nitrogens is 1. The summed E-state index contributed by atoms with van der Waals surface area (Å²) >= 11 is 0. The van der Waals surface area contributed by atoms with E-state index < -0.39 is 0 Å². The van der Waals surface area contributed by atoms with Crippen LogP contribution in [0, 0.1) is 17.1 Å². The van der Waals surface area contributed by atoms with Gasteiger partial charge in [-0.25, -0.2) is 4.39 Å². The van der Waals surface area contributed by atoms with Crippen LogP contribution < -0.4 is 5.73 Å². The molecule has 0 bridgehead atoms. The summed E-state index contributed by atoms with van der Waals surface area (Å²) in [5, 5.41) is 8.97. The van der Waals surface area contributed by atoms with E-state index in [4.69, 9.17) is 11.0 Å². The molecule has 1 aromatic heterocycles. The molecule has 2 N–H and O–H groups in total. The molecule has 2 rings (SSSR count). The Morgan fingerprint density at radius 1 is 1.35 bits per heavy atom. The molecular weight excluding hydrogens is 217 g/mol. The van der Waals surface area contributed by atoms with Crippen molar-refractivity contribution in [2.45, 2.75) is 6.04 Å². The van der Waals surface area contributed by atoms with E-state index in [0.717, 1.165) is 5.56 Å². The average Bonchev–Trinajstić information content (AvgIpc) is 2.78. The lowest BCUT2D eigenvalue weighted by molar-refractivity contribution is 0.578. The molecule has 3 nitrogen and oxygen atoms in total. The number of benzene rings is 1. The largest absolute Gasteiger partial charge is 0.331 e. The van der Waals surface area contributed by atoms with Crippen molar-refractivity contribution in [2.75, 3.05) is 6.54 Å². The third-order valence-corrected chi connectivity index (χ3v) is 2.69. The highest BCUT2D eigenvalue weighted by Gasteiger charge is 2.14. The summed E-state index contributed by atoms with van der Waals surface area (Å²) in [6.07, 6.45) is 1.78. The molecule has 0 saturated carbocycles. The zero-order valence-electron chi connectivity index (χ0n) is 9.18.